The van der Waals surface area contributed by atoms with E-state index in [4.69, 9.17) is 9.84 Å². The van der Waals surface area contributed by atoms with Crippen LogP contribution in [0.3, 0.4) is 0 Å². The van der Waals surface area contributed by atoms with Gasteiger partial charge in [0.2, 0.25) is 5.91 Å². The van der Waals surface area contributed by atoms with E-state index in [1.807, 2.05) is 12.1 Å². The van der Waals surface area contributed by atoms with Crippen molar-refractivity contribution in [2.75, 3.05) is 12.4 Å². The molecule has 6 heteroatoms. The van der Waals surface area contributed by atoms with Gasteiger partial charge in [-0.1, -0.05) is 12.1 Å². The number of nitrogens with one attached hydrogen (secondary N) is 1. The number of aliphatic hydroxyl groups excluding tert-OH is 1. The molecule has 2 rings (SSSR count). The Morgan fingerprint density at radius 2 is 2.25 bits per heavy atom. The second kappa shape index (κ2) is 6.49. The minimum absolute atomic E-state index is 0.114. The lowest BCUT2D eigenvalue weighted by Crippen LogP contribution is -2.19. The average Bonchev–Trinajstić information content (AvgIpc) is 2.95. The molecular formula is C14H16N2O3S. The standard InChI is InChI=1S/C14H16N2O3S/c1-9(14-15-10(7-17)8-20-14)13(18)16-11-5-3-4-6-12(11)19-2/h3-6,8-9,17H,7H2,1-2H3,(H,16,18). The maximum Gasteiger partial charge on any atom is 0.234 e. The predicted octanol–water partition coefficient (Wildman–Crippen LogP) is 2.39. The third kappa shape index (κ3) is 3.15. The molecule has 2 aromatic rings. The van der Waals surface area contributed by atoms with E-state index < -0.39 is 0 Å². The smallest absolute Gasteiger partial charge is 0.234 e. The molecule has 0 aliphatic carbocycles. The highest BCUT2D eigenvalue weighted by Gasteiger charge is 2.19. The van der Waals surface area contributed by atoms with Gasteiger partial charge < -0.3 is 15.2 Å². The number of hydrogen-bond donors (Lipinski definition) is 2. The van der Waals surface area contributed by atoms with Gasteiger partial charge in [0.05, 0.1) is 31.0 Å². The second-order valence-electron chi connectivity index (χ2n) is 4.25. The summed E-state index contributed by atoms with van der Waals surface area (Å²) in [4.78, 5) is 16.4. The molecule has 1 atom stereocenters. The normalized spacial score (nSPS) is 11.9. The number of aromatic nitrogens is 1. The van der Waals surface area contributed by atoms with Gasteiger partial charge in [0.25, 0.3) is 0 Å². The Bertz CT molecular complexity index is 598. The number of methoxy groups -OCH3 is 1. The molecular weight excluding hydrogens is 276 g/mol. The van der Waals surface area contributed by atoms with Crippen LogP contribution in [-0.2, 0) is 11.4 Å². The molecule has 0 saturated carbocycles. The Morgan fingerprint density at radius 1 is 1.50 bits per heavy atom. The number of aliphatic hydroxyl groups is 1. The SMILES string of the molecule is COc1ccccc1NC(=O)C(C)c1nc(CO)cs1. The van der Waals surface area contributed by atoms with Crippen LogP contribution in [0.2, 0.25) is 0 Å². The molecule has 1 amide bonds. The van der Waals surface area contributed by atoms with Crippen molar-refractivity contribution >= 4 is 22.9 Å². The number of para-hydroxylation sites is 2. The minimum atomic E-state index is -0.384. The number of hydrogen-bond acceptors (Lipinski definition) is 5. The highest BCUT2D eigenvalue weighted by atomic mass is 32.1. The zero-order valence-corrected chi connectivity index (χ0v) is 12.1. The van der Waals surface area contributed by atoms with E-state index in [1.54, 1.807) is 31.5 Å². The van der Waals surface area contributed by atoms with Gasteiger partial charge in [0, 0.05) is 5.38 Å². The van der Waals surface area contributed by atoms with Crippen molar-refractivity contribution in [1.29, 1.82) is 0 Å². The summed E-state index contributed by atoms with van der Waals surface area (Å²) in [7, 11) is 1.56. The Hall–Kier alpha value is -1.92. The van der Waals surface area contributed by atoms with E-state index >= 15 is 0 Å². The van der Waals surface area contributed by atoms with Crippen LogP contribution in [0.1, 0.15) is 23.5 Å². The van der Waals surface area contributed by atoms with Crippen molar-refractivity contribution in [3.8, 4) is 5.75 Å². The van der Waals surface area contributed by atoms with E-state index in [-0.39, 0.29) is 18.4 Å². The lowest BCUT2D eigenvalue weighted by molar-refractivity contribution is -0.117. The first-order valence-electron chi connectivity index (χ1n) is 6.14. The molecule has 0 aliphatic rings. The first-order valence-corrected chi connectivity index (χ1v) is 7.02. The maximum absolute atomic E-state index is 12.2. The third-order valence-corrected chi connectivity index (χ3v) is 3.94. The summed E-state index contributed by atoms with van der Waals surface area (Å²) in [6, 6.07) is 7.24. The van der Waals surface area contributed by atoms with E-state index in [0.717, 1.165) is 0 Å². The van der Waals surface area contributed by atoms with Crippen LogP contribution in [0.25, 0.3) is 0 Å². The molecule has 0 fully saturated rings. The Balaban J connectivity index is 2.11. The molecule has 1 aromatic heterocycles. The number of anilines is 1. The topological polar surface area (TPSA) is 71.5 Å². The molecule has 5 nitrogen and oxygen atoms in total. The summed E-state index contributed by atoms with van der Waals surface area (Å²) < 4.78 is 5.19. The fraction of sp³-hybridized carbons (Fsp3) is 0.286. The van der Waals surface area contributed by atoms with E-state index in [0.29, 0.717) is 22.1 Å². The number of thiazole rings is 1. The fourth-order valence-electron chi connectivity index (χ4n) is 1.70. The van der Waals surface area contributed by atoms with Gasteiger partial charge in [-0.2, -0.15) is 0 Å². The van der Waals surface area contributed by atoms with Crippen molar-refractivity contribution in [1.82, 2.24) is 4.98 Å². The van der Waals surface area contributed by atoms with Crippen LogP contribution in [0.5, 0.6) is 5.75 Å². The van der Waals surface area contributed by atoms with Crippen molar-refractivity contribution in [3.05, 3.63) is 40.3 Å². The number of benzene rings is 1. The lowest BCUT2D eigenvalue weighted by atomic mass is 10.1. The summed E-state index contributed by atoms with van der Waals surface area (Å²) in [5.74, 6) is 0.0711. The Kier molecular flexibility index (Phi) is 4.70. The zero-order chi connectivity index (χ0) is 14.5. The van der Waals surface area contributed by atoms with Crippen molar-refractivity contribution in [3.63, 3.8) is 0 Å². The Morgan fingerprint density at radius 3 is 2.90 bits per heavy atom. The van der Waals surface area contributed by atoms with Crippen LogP contribution in [-0.4, -0.2) is 23.1 Å². The molecule has 0 aliphatic heterocycles. The van der Waals surface area contributed by atoms with Gasteiger partial charge in [0.15, 0.2) is 0 Å². The van der Waals surface area contributed by atoms with Gasteiger partial charge in [0.1, 0.15) is 10.8 Å². The summed E-state index contributed by atoms with van der Waals surface area (Å²) in [5, 5.41) is 14.3. The molecule has 0 radical (unpaired) electrons. The van der Waals surface area contributed by atoms with Crippen molar-refractivity contribution in [2.24, 2.45) is 0 Å². The summed E-state index contributed by atoms with van der Waals surface area (Å²) in [6.45, 7) is 1.67. The van der Waals surface area contributed by atoms with E-state index in [1.165, 1.54) is 11.3 Å². The number of nitrogens with zero attached hydrogens (tertiary/aromatic N) is 1. The highest BCUT2D eigenvalue weighted by molar-refractivity contribution is 7.09. The second-order valence-corrected chi connectivity index (χ2v) is 5.14. The molecule has 0 saturated heterocycles. The number of rotatable bonds is 5. The van der Waals surface area contributed by atoms with E-state index in [2.05, 4.69) is 10.3 Å². The van der Waals surface area contributed by atoms with E-state index in [9.17, 15) is 4.79 Å². The average molecular weight is 292 g/mol. The van der Waals surface area contributed by atoms with Gasteiger partial charge in [-0.3, -0.25) is 4.79 Å². The highest BCUT2D eigenvalue weighted by Crippen LogP contribution is 2.26. The van der Waals surface area contributed by atoms with Crippen LogP contribution in [0.15, 0.2) is 29.6 Å². The molecule has 2 N–H and O–H groups in total. The first kappa shape index (κ1) is 14.5. The summed E-state index contributed by atoms with van der Waals surface area (Å²) in [6.07, 6.45) is 0. The van der Waals surface area contributed by atoms with Gasteiger partial charge in [-0.05, 0) is 19.1 Å². The molecule has 0 bridgehead atoms. The monoisotopic (exact) mass is 292 g/mol. The summed E-state index contributed by atoms with van der Waals surface area (Å²) in [5.41, 5.74) is 1.22. The largest absolute Gasteiger partial charge is 0.495 e. The van der Waals surface area contributed by atoms with Gasteiger partial charge >= 0.3 is 0 Å². The maximum atomic E-state index is 12.2. The quantitative estimate of drug-likeness (QED) is 0.887. The zero-order valence-electron chi connectivity index (χ0n) is 11.3. The van der Waals surface area contributed by atoms with Crippen molar-refractivity contribution in [2.45, 2.75) is 19.4 Å². The third-order valence-electron chi connectivity index (χ3n) is 2.86. The molecule has 0 spiro atoms. The van der Waals surface area contributed by atoms with Crippen LogP contribution in [0.4, 0.5) is 5.69 Å². The van der Waals surface area contributed by atoms with Gasteiger partial charge in [-0.15, -0.1) is 11.3 Å². The molecule has 1 aromatic carbocycles. The number of carbonyl (C=O) groups is 1. The van der Waals surface area contributed by atoms with Crippen LogP contribution < -0.4 is 10.1 Å². The lowest BCUT2D eigenvalue weighted by Gasteiger charge is -2.12. The van der Waals surface area contributed by atoms with Crippen LogP contribution in [0, 0.1) is 0 Å². The minimum Gasteiger partial charge on any atom is -0.495 e. The van der Waals surface area contributed by atoms with Crippen LogP contribution >= 0.6 is 11.3 Å². The number of carbonyl (C=O) groups excluding carboxylic acids is 1. The molecule has 20 heavy (non-hydrogen) atoms. The predicted molar refractivity (Wildman–Crippen MR) is 78.1 cm³/mol. The molecule has 1 heterocycles. The summed E-state index contributed by atoms with van der Waals surface area (Å²) >= 11 is 1.37. The number of ether oxygens (including phenoxy) is 1. The number of amides is 1. The fourth-order valence-corrected chi connectivity index (χ4v) is 2.56. The molecule has 106 valence electrons. The molecule has 1 unspecified atom stereocenters. The first-order chi connectivity index (χ1) is 9.65. The van der Waals surface area contributed by atoms with Crippen molar-refractivity contribution < 1.29 is 14.6 Å². The Labute approximate surface area is 121 Å². The van der Waals surface area contributed by atoms with Gasteiger partial charge in [-0.25, -0.2) is 4.98 Å².